The summed E-state index contributed by atoms with van der Waals surface area (Å²) in [5.74, 6) is -1.58. The van der Waals surface area contributed by atoms with Crippen LogP contribution in [-0.4, -0.2) is 10.1 Å². The Kier molecular flexibility index (Phi) is 3.23. The average Bonchev–Trinajstić information content (AvgIpc) is 2.83. The van der Waals surface area contributed by atoms with E-state index in [1.807, 2.05) is 0 Å². The Hall–Kier alpha value is -0.930. The number of hydrogen-bond donors (Lipinski definition) is 1. The third kappa shape index (κ3) is 2.67. The Labute approximate surface area is 106 Å². The van der Waals surface area contributed by atoms with Gasteiger partial charge in [0.15, 0.2) is 5.82 Å². The van der Waals surface area contributed by atoms with Crippen molar-refractivity contribution in [1.82, 2.24) is 10.1 Å². The summed E-state index contributed by atoms with van der Waals surface area (Å²) >= 11 is 4.51. The molecule has 0 radical (unpaired) electrons. The molecular weight excluding hydrogens is 323 g/mol. The molecule has 0 amide bonds. The van der Waals surface area contributed by atoms with E-state index in [1.165, 1.54) is 11.3 Å². The van der Waals surface area contributed by atoms with Crippen molar-refractivity contribution in [3.8, 4) is 0 Å². The van der Waals surface area contributed by atoms with Crippen molar-refractivity contribution in [2.24, 2.45) is 5.73 Å². The summed E-state index contributed by atoms with van der Waals surface area (Å²) in [5, 5.41) is 4.99. The lowest BCUT2D eigenvalue weighted by molar-refractivity contribution is -0.159. The van der Waals surface area contributed by atoms with Gasteiger partial charge in [-0.1, -0.05) is 5.16 Å². The zero-order valence-corrected chi connectivity index (χ0v) is 10.4. The lowest BCUT2D eigenvalue weighted by atomic mass is 10.2. The minimum Gasteiger partial charge on any atom is -0.329 e. The molecule has 2 aromatic rings. The largest absolute Gasteiger partial charge is 0.471 e. The van der Waals surface area contributed by atoms with Crippen LogP contribution >= 0.6 is 27.3 Å². The van der Waals surface area contributed by atoms with Crippen LogP contribution in [0.5, 0.6) is 0 Å². The first-order chi connectivity index (χ1) is 7.88. The topological polar surface area (TPSA) is 64.9 Å². The van der Waals surface area contributed by atoms with Gasteiger partial charge in [0.05, 0.1) is 0 Å². The van der Waals surface area contributed by atoms with Crippen molar-refractivity contribution in [2.75, 3.05) is 0 Å². The molecule has 2 aromatic heterocycles. The van der Waals surface area contributed by atoms with Gasteiger partial charge in [-0.25, -0.2) is 0 Å². The van der Waals surface area contributed by atoms with Gasteiger partial charge in [0.2, 0.25) is 0 Å². The van der Waals surface area contributed by atoms with Gasteiger partial charge in [-0.15, -0.1) is 11.3 Å². The quantitative estimate of drug-likeness (QED) is 0.920. The maximum absolute atomic E-state index is 12.2. The molecule has 1 atom stereocenters. The summed E-state index contributed by atoms with van der Waals surface area (Å²) in [4.78, 5) is 3.88. The standard InChI is InChI=1S/C8H5BrF3N3OS/c9-3-1-4(17-2-3)5(13)6-14-7(16-15-6)8(10,11)12/h1-2,5H,13H2. The second kappa shape index (κ2) is 4.39. The Morgan fingerprint density at radius 3 is 2.65 bits per heavy atom. The molecule has 0 saturated heterocycles. The average molecular weight is 328 g/mol. The SMILES string of the molecule is NC(c1noc(C(F)(F)F)n1)c1cc(Br)cs1. The van der Waals surface area contributed by atoms with Crippen LogP contribution < -0.4 is 5.73 Å². The van der Waals surface area contributed by atoms with E-state index < -0.39 is 18.1 Å². The molecule has 0 aromatic carbocycles. The Balaban J connectivity index is 2.26. The van der Waals surface area contributed by atoms with Crippen LogP contribution in [-0.2, 0) is 6.18 Å². The van der Waals surface area contributed by atoms with E-state index in [9.17, 15) is 13.2 Å². The van der Waals surface area contributed by atoms with Crippen molar-refractivity contribution in [1.29, 1.82) is 0 Å². The molecular formula is C8H5BrF3N3OS. The molecule has 0 spiro atoms. The first-order valence-corrected chi connectivity index (χ1v) is 5.95. The minimum absolute atomic E-state index is 0.188. The summed E-state index contributed by atoms with van der Waals surface area (Å²) in [6, 6.07) is 0.866. The van der Waals surface area contributed by atoms with Gasteiger partial charge in [-0.05, 0) is 22.0 Å². The minimum atomic E-state index is -4.65. The van der Waals surface area contributed by atoms with Crippen LogP contribution in [0.25, 0.3) is 0 Å². The van der Waals surface area contributed by atoms with Gasteiger partial charge in [0, 0.05) is 14.7 Å². The number of aromatic nitrogens is 2. The number of hydrogen-bond acceptors (Lipinski definition) is 5. The van der Waals surface area contributed by atoms with Gasteiger partial charge >= 0.3 is 12.1 Å². The summed E-state index contributed by atoms with van der Waals surface area (Å²) in [7, 11) is 0. The second-order valence-corrected chi connectivity index (χ2v) is 4.96. The summed E-state index contributed by atoms with van der Waals surface area (Å²) in [5.41, 5.74) is 5.72. The fourth-order valence-corrected chi connectivity index (χ4v) is 2.54. The molecule has 0 aliphatic carbocycles. The van der Waals surface area contributed by atoms with E-state index in [2.05, 4.69) is 30.6 Å². The van der Waals surface area contributed by atoms with Crippen molar-refractivity contribution < 1.29 is 17.7 Å². The predicted molar refractivity (Wildman–Crippen MR) is 57.3 cm³/mol. The zero-order chi connectivity index (χ0) is 12.6. The van der Waals surface area contributed by atoms with Gasteiger partial charge < -0.3 is 10.3 Å². The first kappa shape index (κ1) is 12.5. The van der Waals surface area contributed by atoms with E-state index in [4.69, 9.17) is 5.73 Å². The number of rotatable bonds is 2. The van der Waals surface area contributed by atoms with Crippen LogP contribution in [0.2, 0.25) is 0 Å². The highest BCUT2D eigenvalue weighted by Crippen LogP contribution is 2.31. The predicted octanol–water partition coefficient (Wildman–Crippen LogP) is 2.96. The highest BCUT2D eigenvalue weighted by atomic mass is 79.9. The number of nitrogens with two attached hydrogens (primary N) is 1. The van der Waals surface area contributed by atoms with Crippen LogP contribution in [0, 0.1) is 0 Å². The highest BCUT2D eigenvalue weighted by molar-refractivity contribution is 9.10. The molecule has 92 valence electrons. The Morgan fingerprint density at radius 1 is 1.47 bits per heavy atom. The van der Waals surface area contributed by atoms with Crippen molar-refractivity contribution in [3.63, 3.8) is 0 Å². The van der Waals surface area contributed by atoms with Crippen LogP contribution in [0.15, 0.2) is 20.4 Å². The van der Waals surface area contributed by atoms with Gasteiger partial charge in [-0.2, -0.15) is 18.2 Å². The monoisotopic (exact) mass is 327 g/mol. The summed E-state index contributed by atoms with van der Waals surface area (Å²) in [6.45, 7) is 0. The number of alkyl halides is 3. The normalized spacial score (nSPS) is 13.9. The van der Waals surface area contributed by atoms with E-state index >= 15 is 0 Å². The molecule has 9 heteroatoms. The van der Waals surface area contributed by atoms with Gasteiger partial charge in [-0.3, -0.25) is 0 Å². The van der Waals surface area contributed by atoms with E-state index in [0.29, 0.717) is 4.88 Å². The van der Waals surface area contributed by atoms with Crippen LogP contribution in [0.1, 0.15) is 22.6 Å². The van der Waals surface area contributed by atoms with Gasteiger partial charge in [0.1, 0.15) is 6.04 Å². The van der Waals surface area contributed by atoms with Gasteiger partial charge in [0.25, 0.3) is 0 Å². The first-order valence-electron chi connectivity index (χ1n) is 4.28. The third-order valence-electron chi connectivity index (χ3n) is 1.86. The molecule has 17 heavy (non-hydrogen) atoms. The van der Waals surface area contributed by atoms with Crippen molar-refractivity contribution in [2.45, 2.75) is 12.2 Å². The summed E-state index contributed by atoms with van der Waals surface area (Å²) < 4.78 is 41.6. The second-order valence-electron chi connectivity index (χ2n) is 3.10. The number of thiophene rings is 1. The maximum Gasteiger partial charge on any atom is 0.471 e. The molecule has 1 unspecified atom stereocenters. The lowest BCUT2D eigenvalue weighted by Crippen LogP contribution is -2.13. The van der Waals surface area contributed by atoms with E-state index in [0.717, 1.165) is 4.47 Å². The number of nitrogens with zero attached hydrogens (tertiary/aromatic N) is 2. The number of halogens is 4. The Morgan fingerprint density at radius 2 is 2.18 bits per heavy atom. The zero-order valence-electron chi connectivity index (χ0n) is 8.03. The van der Waals surface area contributed by atoms with Crippen molar-refractivity contribution in [3.05, 3.63) is 32.5 Å². The molecule has 2 N–H and O–H groups in total. The third-order valence-corrected chi connectivity index (χ3v) is 3.63. The molecule has 2 rings (SSSR count). The fraction of sp³-hybridized carbons (Fsp3) is 0.250. The Bertz CT molecular complexity index is 524. The maximum atomic E-state index is 12.2. The molecule has 0 fully saturated rings. The summed E-state index contributed by atoms with van der Waals surface area (Å²) in [6.07, 6.45) is -4.65. The molecule has 0 aliphatic rings. The molecule has 0 saturated carbocycles. The fourth-order valence-electron chi connectivity index (χ4n) is 1.09. The van der Waals surface area contributed by atoms with Crippen LogP contribution in [0.3, 0.4) is 0 Å². The van der Waals surface area contributed by atoms with Crippen molar-refractivity contribution >= 4 is 27.3 Å². The van der Waals surface area contributed by atoms with Crippen LogP contribution in [0.4, 0.5) is 13.2 Å². The molecule has 4 nitrogen and oxygen atoms in total. The molecule has 2 heterocycles. The molecule has 0 bridgehead atoms. The smallest absolute Gasteiger partial charge is 0.329 e. The lowest BCUT2D eigenvalue weighted by Gasteiger charge is -2.02. The molecule has 0 aliphatic heterocycles. The van der Waals surface area contributed by atoms with E-state index in [-0.39, 0.29) is 5.82 Å². The highest BCUT2D eigenvalue weighted by Gasteiger charge is 2.39. The van der Waals surface area contributed by atoms with E-state index in [1.54, 1.807) is 11.4 Å².